The zero-order chi connectivity index (χ0) is 7.40. The molecule has 54 valence electrons. The van der Waals surface area contributed by atoms with Gasteiger partial charge in [-0.1, -0.05) is 0 Å². The minimum atomic E-state index is 0.351. The molecule has 0 aliphatic rings. The van der Waals surface area contributed by atoms with Crippen molar-refractivity contribution in [2.75, 3.05) is 5.32 Å². The Kier molecular flexibility index (Phi) is 2.15. The van der Waals surface area contributed by atoms with E-state index in [2.05, 4.69) is 20.5 Å². The fourth-order valence-electron chi connectivity index (χ4n) is 0.572. The van der Waals surface area contributed by atoms with E-state index in [4.69, 9.17) is 0 Å². The predicted octanol–water partition coefficient (Wildman–Crippen LogP) is 0.692. The van der Waals surface area contributed by atoms with Crippen molar-refractivity contribution in [1.82, 2.24) is 15.2 Å². The van der Waals surface area contributed by atoms with Gasteiger partial charge in [-0.15, -0.1) is 5.10 Å². The SMILES string of the molecule is CC(C)Nc1nccnn1. The normalized spacial score (nSPS) is 9.90. The maximum atomic E-state index is 3.93. The van der Waals surface area contributed by atoms with E-state index >= 15 is 0 Å². The van der Waals surface area contributed by atoms with Gasteiger partial charge in [-0.25, -0.2) is 4.98 Å². The summed E-state index contributed by atoms with van der Waals surface area (Å²) in [5.74, 6) is 0.581. The van der Waals surface area contributed by atoms with Crippen LogP contribution in [0.1, 0.15) is 13.8 Å². The highest BCUT2D eigenvalue weighted by atomic mass is 15.2. The second kappa shape index (κ2) is 3.10. The van der Waals surface area contributed by atoms with Crippen molar-refractivity contribution < 1.29 is 0 Å². The summed E-state index contributed by atoms with van der Waals surface area (Å²) in [4.78, 5) is 3.93. The van der Waals surface area contributed by atoms with E-state index in [-0.39, 0.29) is 0 Å². The molecule has 0 amide bonds. The molecule has 0 aromatic carbocycles. The third-order valence-electron chi connectivity index (χ3n) is 0.900. The molecule has 0 saturated carbocycles. The number of nitrogens with zero attached hydrogens (tertiary/aromatic N) is 3. The van der Waals surface area contributed by atoms with E-state index in [0.717, 1.165) is 0 Å². The van der Waals surface area contributed by atoms with Crippen molar-refractivity contribution in [1.29, 1.82) is 0 Å². The molecule has 0 atom stereocenters. The van der Waals surface area contributed by atoms with Gasteiger partial charge in [0.2, 0.25) is 5.95 Å². The monoisotopic (exact) mass is 138 g/mol. The molecule has 1 aromatic heterocycles. The van der Waals surface area contributed by atoms with Crippen LogP contribution in [-0.4, -0.2) is 21.2 Å². The van der Waals surface area contributed by atoms with Gasteiger partial charge in [-0.05, 0) is 13.8 Å². The van der Waals surface area contributed by atoms with E-state index in [1.165, 1.54) is 0 Å². The Morgan fingerprint density at radius 1 is 1.40 bits per heavy atom. The number of aromatic nitrogens is 3. The predicted molar refractivity (Wildman–Crippen MR) is 38.6 cm³/mol. The van der Waals surface area contributed by atoms with Gasteiger partial charge in [0.25, 0.3) is 0 Å². The number of nitrogens with one attached hydrogen (secondary N) is 1. The molecule has 1 rings (SSSR count). The van der Waals surface area contributed by atoms with Crippen LogP contribution in [0.5, 0.6) is 0 Å². The van der Waals surface area contributed by atoms with E-state index < -0.39 is 0 Å². The summed E-state index contributed by atoms with van der Waals surface area (Å²) in [5, 5.41) is 10.4. The Balaban J connectivity index is 2.59. The molecule has 1 N–H and O–H groups in total. The molecule has 0 radical (unpaired) electrons. The first kappa shape index (κ1) is 6.92. The Hall–Kier alpha value is -1.19. The molecule has 1 heterocycles. The van der Waals surface area contributed by atoms with Crippen molar-refractivity contribution in [3.8, 4) is 0 Å². The third kappa shape index (κ3) is 1.97. The number of anilines is 1. The highest BCUT2D eigenvalue weighted by Crippen LogP contribution is 1.93. The molecular weight excluding hydrogens is 128 g/mol. The summed E-state index contributed by atoms with van der Waals surface area (Å²) in [5.41, 5.74) is 0. The minimum absolute atomic E-state index is 0.351. The lowest BCUT2D eigenvalue weighted by molar-refractivity contribution is 0.851. The molecule has 0 unspecified atom stereocenters. The molecule has 0 bridgehead atoms. The van der Waals surface area contributed by atoms with Gasteiger partial charge in [-0.3, -0.25) is 0 Å². The Morgan fingerprint density at radius 3 is 2.70 bits per heavy atom. The van der Waals surface area contributed by atoms with Crippen molar-refractivity contribution in [3.63, 3.8) is 0 Å². The molecule has 4 heteroatoms. The van der Waals surface area contributed by atoms with Gasteiger partial charge in [0.05, 0.1) is 12.4 Å². The first-order valence-corrected chi connectivity index (χ1v) is 3.19. The van der Waals surface area contributed by atoms with Crippen LogP contribution >= 0.6 is 0 Å². The quantitative estimate of drug-likeness (QED) is 0.653. The van der Waals surface area contributed by atoms with Crippen LogP contribution in [0, 0.1) is 0 Å². The Bertz CT molecular complexity index is 184. The minimum Gasteiger partial charge on any atom is -0.351 e. The van der Waals surface area contributed by atoms with Crippen molar-refractivity contribution in [2.24, 2.45) is 0 Å². The summed E-state index contributed by atoms with van der Waals surface area (Å²) in [6.45, 7) is 4.05. The van der Waals surface area contributed by atoms with Crippen LogP contribution in [0.3, 0.4) is 0 Å². The van der Waals surface area contributed by atoms with Crippen molar-refractivity contribution in [3.05, 3.63) is 12.4 Å². The zero-order valence-corrected chi connectivity index (χ0v) is 6.07. The van der Waals surface area contributed by atoms with Crippen LogP contribution in [0.25, 0.3) is 0 Å². The van der Waals surface area contributed by atoms with Crippen LogP contribution < -0.4 is 5.32 Å². The lowest BCUT2D eigenvalue weighted by Gasteiger charge is -2.04. The van der Waals surface area contributed by atoms with Crippen LogP contribution in [0.2, 0.25) is 0 Å². The molecule has 0 aliphatic heterocycles. The molecule has 0 spiro atoms. The number of rotatable bonds is 2. The molecule has 0 saturated heterocycles. The number of hydrogen-bond donors (Lipinski definition) is 1. The summed E-state index contributed by atoms with van der Waals surface area (Å²) >= 11 is 0. The summed E-state index contributed by atoms with van der Waals surface area (Å²) < 4.78 is 0. The Morgan fingerprint density at radius 2 is 2.20 bits per heavy atom. The lowest BCUT2D eigenvalue weighted by atomic mass is 10.4. The summed E-state index contributed by atoms with van der Waals surface area (Å²) in [6, 6.07) is 0.351. The van der Waals surface area contributed by atoms with Crippen molar-refractivity contribution in [2.45, 2.75) is 19.9 Å². The maximum Gasteiger partial charge on any atom is 0.242 e. The van der Waals surface area contributed by atoms with Crippen molar-refractivity contribution >= 4 is 5.95 Å². The lowest BCUT2D eigenvalue weighted by Crippen LogP contribution is -2.12. The second-order valence-corrected chi connectivity index (χ2v) is 2.27. The highest BCUT2D eigenvalue weighted by Gasteiger charge is 1.94. The van der Waals surface area contributed by atoms with E-state index in [0.29, 0.717) is 12.0 Å². The average Bonchev–Trinajstić information content (AvgIpc) is 1.88. The molecular formula is C6H10N4. The molecule has 0 fully saturated rings. The Labute approximate surface area is 59.7 Å². The van der Waals surface area contributed by atoms with Gasteiger partial charge in [-0.2, -0.15) is 5.10 Å². The highest BCUT2D eigenvalue weighted by molar-refractivity contribution is 5.20. The standard InChI is InChI=1S/C6H10N4/c1-5(2)9-6-7-3-4-8-10-6/h3-5H,1-2H3,(H,7,9,10). The topological polar surface area (TPSA) is 50.7 Å². The van der Waals surface area contributed by atoms with Gasteiger partial charge in [0, 0.05) is 6.04 Å². The first-order chi connectivity index (χ1) is 4.79. The van der Waals surface area contributed by atoms with E-state index in [1.54, 1.807) is 12.4 Å². The summed E-state index contributed by atoms with van der Waals surface area (Å²) in [6.07, 6.45) is 3.16. The molecule has 1 aromatic rings. The van der Waals surface area contributed by atoms with Crippen LogP contribution in [-0.2, 0) is 0 Å². The van der Waals surface area contributed by atoms with Gasteiger partial charge >= 0.3 is 0 Å². The van der Waals surface area contributed by atoms with Gasteiger partial charge < -0.3 is 5.32 Å². The van der Waals surface area contributed by atoms with Crippen LogP contribution in [0.4, 0.5) is 5.95 Å². The molecule has 10 heavy (non-hydrogen) atoms. The largest absolute Gasteiger partial charge is 0.351 e. The fourth-order valence-corrected chi connectivity index (χ4v) is 0.572. The average molecular weight is 138 g/mol. The van der Waals surface area contributed by atoms with Crippen LogP contribution in [0.15, 0.2) is 12.4 Å². The van der Waals surface area contributed by atoms with Gasteiger partial charge in [0.15, 0.2) is 0 Å². The molecule has 0 aliphatic carbocycles. The van der Waals surface area contributed by atoms with Gasteiger partial charge in [0.1, 0.15) is 0 Å². The fraction of sp³-hybridized carbons (Fsp3) is 0.500. The molecule has 4 nitrogen and oxygen atoms in total. The second-order valence-electron chi connectivity index (χ2n) is 2.27. The van der Waals surface area contributed by atoms with E-state index in [1.807, 2.05) is 13.8 Å². The smallest absolute Gasteiger partial charge is 0.242 e. The van der Waals surface area contributed by atoms with E-state index in [9.17, 15) is 0 Å². The maximum absolute atomic E-state index is 3.93. The third-order valence-corrected chi connectivity index (χ3v) is 0.900. The zero-order valence-electron chi connectivity index (χ0n) is 6.07. The number of hydrogen-bond acceptors (Lipinski definition) is 4. The summed E-state index contributed by atoms with van der Waals surface area (Å²) in [7, 11) is 0. The first-order valence-electron chi connectivity index (χ1n) is 3.19.